The molecular formula is C17H29NO3. The summed E-state index contributed by atoms with van der Waals surface area (Å²) in [6.07, 6.45) is 0.426. The lowest BCUT2D eigenvalue weighted by molar-refractivity contribution is -0.0740. The molecular weight excluding hydrogens is 266 g/mol. The summed E-state index contributed by atoms with van der Waals surface area (Å²) in [7, 11) is 1.62. The lowest BCUT2D eigenvalue weighted by Gasteiger charge is -2.39. The normalized spacial score (nSPS) is 18.8. The van der Waals surface area contributed by atoms with E-state index < -0.39 is 11.6 Å². The third kappa shape index (κ3) is 4.78. The molecule has 0 bridgehead atoms. The number of nitrogens with two attached hydrogens (primary N) is 1. The van der Waals surface area contributed by atoms with Crippen LogP contribution in [0.3, 0.4) is 0 Å². The Bertz CT molecular complexity index is 394. The molecule has 0 amide bonds. The Morgan fingerprint density at radius 3 is 2.43 bits per heavy atom. The predicted octanol–water partition coefficient (Wildman–Crippen LogP) is 2.52. The third-order valence-corrected chi connectivity index (χ3v) is 4.28. The van der Waals surface area contributed by atoms with Crippen LogP contribution in [0.5, 0.6) is 0 Å². The summed E-state index contributed by atoms with van der Waals surface area (Å²) < 4.78 is 10.9. The van der Waals surface area contributed by atoms with E-state index in [9.17, 15) is 5.11 Å². The molecule has 0 saturated heterocycles. The molecule has 0 aliphatic rings. The largest absolute Gasteiger partial charge is 0.388 e. The Hall–Kier alpha value is -0.940. The zero-order chi connectivity index (χ0) is 15.9. The second-order valence-electron chi connectivity index (χ2n) is 5.71. The van der Waals surface area contributed by atoms with Crippen molar-refractivity contribution in [3.63, 3.8) is 0 Å². The molecule has 0 heterocycles. The first-order valence-corrected chi connectivity index (χ1v) is 7.58. The first kappa shape index (κ1) is 18.1. The number of hydrogen-bond acceptors (Lipinski definition) is 4. The van der Waals surface area contributed by atoms with E-state index in [1.54, 1.807) is 14.0 Å². The van der Waals surface area contributed by atoms with Gasteiger partial charge in [0.05, 0.1) is 17.7 Å². The van der Waals surface area contributed by atoms with Crippen molar-refractivity contribution in [3.05, 3.63) is 35.9 Å². The van der Waals surface area contributed by atoms with E-state index in [1.165, 1.54) is 0 Å². The van der Waals surface area contributed by atoms with Crippen molar-refractivity contribution in [2.24, 2.45) is 11.7 Å². The first-order chi connectivity index (χ1) is 9.95. The van der Waals surface area contributed by atoms with E-state index in [4.69, 9.17) is 15.2 Å². The van der Waals surface area contributed by atoms with Crippen LogP contribution in [-0.2, 0) is 9.47 Å². The minimum absolute atomic E-state index is 0.0143. The molecule has 1 aromatic rings. The van der Waals surface area contributed by atoms with Crippen LogP contribution < -0.4 is 5.73 Å². The van der Waals surface area contributed by atoms with Gasteiger partial charge in [-0.25, -0.2) is 0 Å². The van der Waals surface area contributed by atoms with Gasteiger partial charge in [-0.2, -0.15) is 0 Å². The topological polar surface area (TPSA) is 64.7 Å². The number of methoxy groups -OCH3 is 1. The fourth-order valence-corrected chi connectivity index (χ4v) is 2.46. The molecule has 3 N–H and O–H groups in total. The van der Waals surface area contributed by atoms with E-state index in [2.05, 4.69) is 0 Å². The minimum atomic E-state index is -1.03. The molecule has 0 aliphatic carbocycles. The number of hydrogen-bond donors (Lipinski definition) is 2. The lowest BCUT2D eigenvalue weighted by atomic mass is 9.78. The zero-order valence-electron chi connectivity index (χ0n) is 13.6. The molecule has 4 nitrogen and oxygen atoms in total. The van der Waals surface area contributed by atoms with E-state index in [0.29, 0.717) is 13.2 Å². The van der Waals surface area contributed by atoms with Crippen LogP contribution >= 0.6 is 0 Å². The fourth-order valence-electron chi connectivity index (χ4n) is 2.46. The Morgan fingerprint density at radius 1 is 1.29 bits per heavy atom. The third-order valence-electron chi connectivity index (χ3n) is 4.28. The number of aliphatic hydroxyl groups is 1. The standard InChI is InChI=1S/C17H29NO3/c1-5-21-12-11-13(2)17(3,19)16(18)15(20-4)14-9-7-6-8-10-14/h6-10,13,15-16,19H,5,11-12,18H2,1-4H3. The molecule has 0 spiro atoms. The number of benzene rings is 1. The van der Waals surface area contributed by atoms with Crippen molar-refractivity contribution in [3.8, 4) is 0 Å². The van der Waals surface area contributed by atoms with Crippen molar-refractivity contribution >= 4 is 0 Å². The number of rotatable bonds is 9. The molecule has 1 aromatic carbocycles. The molecule has 0 aromatic heterocycles. The second kappa shape index (κ2) is 8.49. The lowest BCUT2D eigenvalue weighted by Crippen LogP contribution is -2.54. The highest BCUT2D eigenvalue weighted by atomic mass is 16.5. The summed E-state index contributed by atoms with van der Waals surface area (Å²) in [5.41, 5.74) is 6.27. The van der Waals surface area contributed by atoms with Gasteiger partial charge in [-0.15, -0.1) is 0 Å². The van der Waals surface area contributed by atoms with Crippen molar-refractivity contribution in [2.45, 2.75) is 44.9 Å². The molecule has 0 aliphatic heterocycles. The van der Waals surface area contributed by atoms with Crippen LogP contribution in [0.15, 0.2) is 30.3 Å². The van der Waals surface area contributed by atoms with Crippen LogP contribution in [0.1, 0.15) is 38.9 Å². The Labute approximate surface area is 128 Å². The first-order valence-electron chi connectivity index (χ1n) is 7.58. The van der Waals surface area contributed by atoms with Gasteiger partial charge in [-0.05, 0) is 31.7 Å². The molecule has 4 atom stereocenters. The predicted molar refractivity (Wildman–Crippen MR) is 85.1 cm³/mol. The highest BCUT2D eigenvalue weighted by Gasteiger charge is 2.40. The summed E-state index contributed by atoms with van der Waals surface area (Å²) in [6, 6.07) is 9.26. The van der Waals surface area contributed by atoms with Gasteiger partial charge in [0.25, 0.3) is 0 Å². The van der Waals surface area contributed by atoms with Crippen LogP contribution in [0.25, 0.3) is 0 Å². The van der Waals surface area contributed by atoms with Crippen molar-refractivity contribution in [1.82, 2.24) is 0 Å². The number of ether oxygens (including phenoxy) is 2. The van der Waals surface area contributed by atoms with Gasteiger partial charge in [-0.3, -0.25) is 0 Å². The minimum Gasteiger partial charge on any atom is -0.388 e. The monoisotopic (exact) mass is 295 g/mol. The molecule has 4 heteroatoms. The summed E-state index contributed by atoms with van der Waals surface area (Å²) in [5, 5.41) is 10.9. The highest BCUT2D eigenvalue weighted by molar-refractivity contribution is 5.20. The van der Waals surface area contributed by atoms with E-state index in [-0.39, 0.29) is 12.0 Å². The molecule has 21 heavy (non-hydrogen) atoms. The Morgan fingerprint density at radius 2 is 1.90 bits per heavy atom. The summed E-state index contributed by atoms with van der Waals surface area (Å²) >= 11 is 0. The van der Waals surface area contributed by atoms with Crippen molar-refractivity contribution < 1.29 is 14.6 Å². The maximum absolute atomic E-state index is 10.9. The van der Waals surface area contributed by atoms with Crippen LogP contribution in [-0.4, -0.2) is 37.1 Å². The van der Waals surface area contributed by atoms with Crippen LogP contribution in [0.4, 0.5) is 0 Å². The maximum atomic E-state index is 10.9. The molecule has 4 unspecified atom stereocenters. The van der Waals surface area contributed by atoms with E-state index in [0.717, 1.165) is 12.0 Å². The van der Waals surface area contributed by atoms with Gasteiger partial charge >= 0.3 is 0 Å². The molecule has 120 valence electrons. The molecule has 0 fully saturated rings. The van der Waals surface area contributed by atoms with E-state index in [1.807, 2.05) is 44.2 Å². The average molecular weight is 295 g/mol. The summed E-state index contributed by atoms with van der Waals surface area (Å²) in [6.45, 7) is 7.06. The van der Waals surface area contributed by atoms with Gasteiger partial charge in [0.2, 0.25) is 0 Å². The summed E-state index contributed by atoms with van der Waals surface area (Å²) in [4.78, 5) is 0. The van der Waals surface area contributed by atoms with Crippen molar-refractivity contribution in [1.29, 1.82) is 0 Å². The molecule has 0 radical (unpaired) electrons. The maximum Gasteiger partial charge on any atom is 0.1000 e. The summed E-state index contributed by atoms with van der Waals surface area (Å²) in [5.74, 6) is 0.0143. The van der Waals surface area contributed by atoms with Gasteiger partial charge in [0.15, 0.2) is 0 Å². The SMILES string of the molecule is CCOCCC(C)C(C)(O)C(N)C(OC)c1ccccc1. The van der Waals surface area contributed by atoms with Gasteiger partial charge < -0.3 is 20.3 Å². The van der Waals surface area contributed by atoms with Crippen LogP contribution in [0.2, 0.25) is 0 Å². The quantitative estimate of drug-likeness (QED) is 0.687. The van der Waals surface area contributed by atoms with Crippen molar-refractivity contribution in [2.75, 3.05) is 20.3 Å². The van der Waals surface area contributed by atoms with Crippen LogP contribution in [0, 0.1) is 5.92 Å². The Kier molecular flexibility index (Phi) is 7.32. The molecule has 1 rings (SSSR count). The highest BCUT2D eigenvalue weighted by Crippen LogP contribution is 2.32. The van der Waals surface area contributed by atoms with Gasteiger partial charge in [0.1, 0.15) is 0 Å². The smallest absolute Gasteiger partial charge is 0.1000 e. The zero-order valence-corrected chi connectivity index (χ0v) is 13.6. The fraction of sp³-hybridized carbons (Fsp3) is 0.647. The van der Waals surface area contributed by atoms with Gasteiger partial charge in [-0.1, -0.05) is 37.3 Å². The second-order valence-corrected chi connectivity index (χ2v) is 5.71. The van der Waals surface area contributed by atoms with E-state index >= 15 is 0 Å². The van der Waals surface area contributed by atoms with Gasteiger partial charge in [0, 0.05) is 20.3 Å². The Balaban J connectivity index is 2.79. The average Bonchev–Trinajstić information content (AvgIpc) is 2.49. The molecule has 0 saturated carbocycles.